The van der Waals surface area contributed by atoms with Gasteiger partial charge in [-0.25, -0.2) is 0 Å². The van der Waals surface area contributed by atoms with Crippen molar-refractivity contribution in [3.63, 3.8) is 0 Å². The van der Waals surface area contributed by atoms with E-state index < -0.39 is 23.2 Å². The van der Waals surface area contributed by atoms with E-state index in [9.17, 15) is 20.2 Å². The first-order valence-corrected chi connectivity index (χ1v) is 13.1. The van der Waals surface area contributed by atoms with Gasteiger partial charge in [0.2, 0.25) is 5.91 Å². The number of benzene rings is 1. The summed E-state index contributed by atoms with van der Waals surface area (Å²) in [7, 11) is 1.77. The van der Waals surface area contributed by atoms with Crippen molar-refractivity contribution in [2.24, 2.45) is 5.92 Å². The Morgan fingerprint density at radius 2 is 2.11 bits per heavy atom. The number of carbonyl (C=O) groups excluding carboxylic acids is 1. The van der Waals surface area contributed by atoms with Crippen molar-refractivity contribution in [3.8, 4) is 11.5 Å². The van der Waals surface area contributed by atoms with Crippen molar-refractivity contribution in [1.82, 2.24) is 4.90 Å². The van der Waals surface area contributed by atoms with Crippen LogP contribution in [0, 0.1) is 11.1 Å². The lowest BCUT2D eigenvalue weighted by atomic mass is 9.48. The number of phenolic OH excluding ortho intramolecular Hbond substituents is 1. The molecule has 3 fully saturated rings. The summed E-state index contributed by atoms with van der Waals surface area (Å²) in [4.78, 5) is 14.9. The largest absolute Gasteiger partial charge is 0.632 e. The van der Waals surface area contributed by atoms with Gasteiger partial charge in [0, 0.05) is 43.0 Å². The molecular weight excluding hydrogens is 460 g/mol. The number of likely N-dealkylation sites (N-methyl/N-ethyl adjacent to an activating group) is 1. The second-order valence-corrected chi connectivity index (χ2v) is 11.6. The maximum atomic E-state index is 14.3. The first-order chi connectivity index (χ1) is 17.3. The number of hydroxylamine groups is 3. The third-order valence-corrected chi connectivity index (χ3v) is 9.83. The maximum Gasteiger partial charge on any atom is 0.246 e. The van der Waals surface area contributed by atoms with Crippen LogP contribution in [-0.2, 0) is 16.6 Å². The average Bonchev–Trinajstić information content (AvgIpc) is 3.36. The fraction of sp³-hybridized carbons (Fsp3) is 0.536. The predicted molar refractivity (Wildman–Crippen MR) is 131 cm³/mol. The second kappa shape index (κ2) is 7.37. The number of carbonyl (C=O) groups is 1. The first-order valence-electron chi connectivity index (χ1n) is 13.1. The number of piperidine rings is 1. The van der Waals surface area contributed by atoms with Crippen molar-refractivity contribution in [1.29, 1.82) is 0 Å². The van der Waals surface area contributed by atoms with Crippen LogP contribution in [0.1, 0.15) is 48.8 Å². The third kappa shape index (κ3) is 2.83. The Balaban J connectivity index is 1.30. The summed E-state index contributed by atoms with van der Waals surface area (Å²) in [6.45, 7) is 0.984. The average molecular weight is 493 g/mol. The van der Waals surface area contributed by atoms with Crippen LogP contribution in [0.25, 0.3) is 6.08 Å². The number of aliphatic hydroxyl groups is 1. The fourth-order valence-electron chi connectivity index (χ4n) is 7.95. The van der Waals surface area contributed by atoms with E-state index in [-0.39, 0.29) is 22.3 Å². The zero-order valence-corrected chi connectivity index (χ0v) is 20.4. The van der Waals surface area contributed by atoms with Gasteiger partial charge in [0.05, 0.1) is 37.1 Å². The van der Waals surface area contributed by atoms with Crippen LogP contribution < -0.4 is 4.74 Å². The number of furan rings is 1. The van der Waals surface area contributed by atoms with E-state index in [0.717, 1.165) is 29.5 Å². The van der Waals surface area contributed by atoms with Crippen LogP contribution in [0.4, 0.5) is 0 Å². The van der Waals surface area contributed by atoms with Gasteiger partial charge >= 0.3 is 0 Å². The van der Waals surface area contributed by atoms with Crippen LogP contribution in [0.2, 0.25) is 0 Å². The molecule has 6 atom stereocenters. The highest BCUT2D eigenvalue weighted by atomic mass is 16.6. The van der Waals surface area contributed by atoms with Crippen LogP contribution in [0.15, 0.2) is 41.2 Å². The molecule has 8 nitrogen and oxygen atoms in total. The monoisotopic (exact) mass is 492 g/mol. The summed E-state index contributed by atoms with van der Waals surface area (Å²) in [5.41, 5.74) is 0.591. The molecule has 1 unspecified atom stereocenters. The molecule has 1 saturated heterocycles. The number of likely N-dealkylation sites (tertiary alicyclic amines) is 1. The summed E-state index contributed by atoms with van der Waals surface area (Å²) in [6, 6.07) is 4.54. The third-order valence-electron chi connectivity index (χ3n) is 9.83. The van der Waals surface area contributed by atoms with Crippen molar-refractivity contribution < 1.29 is 28.8 Å². The minimum Gasteiger partial charge on any atom is -0.632 e. The summed E-state index contributed by atoms with van der Waals surface area (Å²) in [5, 5.41) is 37.6. The van der Waals surface area contributed by atoms with Crippen molar-refractivity contribution in [3.05, 3.63) is 58.7 Å². The standard InChI is InChI=1S/C28H32N2O6/c1-29(23(32)7-4-18-9-13-35-16-18)20-8-10-28(33)22-14-19-5-6-21(31)25-24(19)27(28,26(20)36-25)11-12-30(22,34)15-17-2-3-17/h4-7,9,13,16-17,20,22,26,31,33H,2-3,8,10-12,14-15H2,1H3/b7-4+/t20-,22-,26+,27+,28-,30?/m0/s1. The number of amides is 1. The molecule has 36 heavy (non-hydrogen) atoms. The number of hydrogen-bond acceptors (Lipinski definition) is 6. The van der Waals surface area contributed by atoms with E-state index in [0.29, 0.717) is 50.4 Å². The minimum atomic E-state index is -1.24. The molecule has 5 aliphatic rings. The molecular formula is C28H32N2O6. The molecule has 2 aromatic rings. The highest BCUT2D eigenvalue weighted by molar-refractivity contribution is 5.91. The molecule has 1 aromatic heterocycles. The molecule has 1 spiro atoms. The smallest absolute Gasteiger partial charge is 0.246 e. The molecule has 0 radical (unpaired) electrons. The zero-order valence-electron chi connectivity index (χ0n) is 20.4. The number of phenols is 1. The van der Waals surface area contributed by atoms with E-state index in [1.807, 2.05) is 6.07 Å². The Labute approximate surface area is 209 Å². The van der Waals surface area contributed by atoms with Crippen LogP contribution in [0.5, 0.6) is 11.5 Å². The molecule has 1 aromatic carbocycles. The van der Waals surface area contributed by atoms with E-state index in [2.05, 4.69) is 0 Å². The number of quaternary nitrogens is 1. The lowest BCUT2D eigenvalue weighted by Crippen LogP contribution is -2.81. The molecule has 2 saturated carbocycles. The number of rotatable bonds is 5. The molecule has 2 bridgehead atoms. The Morgan fingerprint density at radius 1 is 1.28 bits per heavy atom. The molecule has 2 N–H and O–H groups in total. The Bertz CT molecular complexity index is 1250. The van der Waals surface area contributed by atoms with Crippen LogP contribution >= 0.6 is 0 Å². The van der Waals surface area contributed by atoms with Crippen LogP contribution in [0.3, 0.4) is 0 Å². The summed E-state index contributed by atoms with van der Waals surface area (Å²) in [6.07, 6.45) is 9.94. The minimum absolute atomic E-state index is 0.0531. The highest BCUT2D eigenvalue weighted by Crippen LogP contribution is 2.67. The van der Waals surface area contributed by atoms with Gasteiger partial charge in [0.25, 0.3) is 0 Å². The Kier molecular flexibility index (Phi) is 4.58. The summed E-state index contributed by atoms with van der Waals surface area (Å²) >= 11 is 0. The van der Waals surface area contributed by atoms with E-state index in [4.69, 9.17) is 9.15 Å². The number of aromatic hydroxyl groups is 1. The van der Waals surface area contributed by atoms with Gasteiger partial charge in [-0.3, -0.25) is 4.79 Å². The molecule has 7 rings (SSSR count). The Hall–Kier alpha value is -2.81. The van der Waals surface area contributed by atoms with Gasteiger partial charge < -0.3 is 34.1 Å². The molecule has 1 amide bonds. The van der Waals surface area contributed by atoms with Crippen molar-refractivity contribution in [2.75, 3.05) is 20.1 Å². The lowest BCUT2D eigenvalue weighted by Gasteiger charge is -2.68. The first kappa shape index (κ1) is 22.4. The fourth-order valence-corrected chi connectivity index (χ4v) is 7.95. The molecule has 8 heteroatoms. The SMILES string of the molecule is CN(C(=O)/C=C/c1ccoc1)[C@H]1CC[C@]2(O)[C@@H]3Cc4ccc(O)c5c4[C@]2(CC[N+]3([O-])CC2CC2)[C@@H]1O5. The number of hydrogen-bond donors (Lipinski definition) is 2. The summed E-state index contributed by atoms with van der Waals surface area (Å²) in [5.74, 6) is 0.758. The highest BCUT2D eigenvalue weighted by Gasteiger charge is 2.76. The summed E-state index contributed by atoms with van der Waals surface area (Å²) < 4.78 is 11.3. The van der Waals surface area contributed by atoms with Gasteiger partial charge in [-0.15, -0.1) is 0 Å². The van der Waals surface area contributed by atoms with E-state index in [1.165, 1.54) is 6.08 Å². The maximum absolute atomic E-state index is 14.3. The predicted octanol–water partition coefficient (Wildman–Crippen LogP) is 3.10. The second-order valence-electron chi connectivity index (χ2n) is 11.6. The van der Waals surface area contributed by atoms with E-state index in [1.54, 1.807) is 42.7 Å². The van der Waals surface area contributed by atoms with E-state index >= 15 is 0 Å². The number of ether oxygens (including phenoxy) is 1. The van der Waals surface area contributed by atoms with Gasteiger partial charge in [0.1, 0.15) is 17.7 Å². The number of nitrogens with zero attached hydrogens (tertiary/aromatic N) is 2. The molecule has 190 valence electrons. The zero-order chi connectivity index (χ0) is 24.9. The quantitative estimate of drug-likeness (QED) is 0.378. The van der Waals surface area contributed by atoms with Crippen molar-refractivity contribution in [2.45, 2.75) is 67.7 Å². The van der Waals surface area contributed by atoms with Gasteiger partial charge in [-0.1, -0.05) is 6.07 Å². The van der Waals surface area contributed by atoms with Gasteiger partial charge in [0.15, 0.2) is 11.5 Å². The van der Waals surface area contributed by atoms with Crippen molar-refractivity contribution >= 4 is 12.0 Å². The van der Waals surface area contributed by atoms with Crippen LogP contribution in [-0.4, -0.2) is 69.6 Å². The normalized spacial score (nSPS) is 38.0. The van der Waals surface area contributed by atoms with Gasteiger partial charge in [-0.2, -0.15) is 0 Å². The van der Waals surface area contributed by atoms with Gasteiger partial charge in [-0.05, 0) is 49.5 Å². The molecule has 3 heterocycles. The topological polar surface area (TPSA) is 106 Å². The molecule has 2 aliphatic heterocycles. The molecule has 3 aliphatic carbocycles. The lowest BCUT2D eigenvalue weighted by molar-refractivity contribution is -0.924. The Morgan fingerprint density at radius 3 is 2.86 bits per heavy atom.